The first-order valence-corrected chi connectivity index (χ1v) is 9.97. The number of carbonyl (C=O) groups excluding carboxylic acids is 3. The largest absolute Gasteiger partial charge is 0.337 e. The molecule has 2 aliphatic rings. The minimum Gasteiger partial charge on any atom is -0.337 e. The van der Waals surface area contributed by atoms with E-state index in [4.69, 9.17) is 11.6 Å². The first kappa shape index (κ1) is 20.3. The molecule has 0 N–H and O–H groups in total. The maximum atomic E-state index is 14.6. The van der Waals surface area contributed by atoms with Gasteiger partial charge in [-0.25, -0.2) is 4.39 Å². The van der Waals surface area contributed by atoms with E-state index in [-0.39, 0.29) is 49.6 Å². The van der Waals surface area contributed by atoms with Gasteiger partial charge in [0.15, 0.2) is 5.54 Å². The van der Waals surface area contributed by atoms with Crippen LogP contribution >= 0.6 is 11.6 Å². The summed E-state index contributed by atoms with van der Waals surface area (Å²) in [4.78, 5) is 42.7. The molecule has 2 saturated heterocycles. The number of amides is 3. The fourth-order valence-electron chi connectivity index (χ4n) is 4.05. The fourth-order valence-corrected chi connectivity index (χ4v) is 4.17. The van der Waals surface area contributed by atoms with Gasteiger partial charge in [0.2, 0.25) is 11.8 Å². The van der Waals surface area contributed by atoms with E-state index < -0.39 is 11.4 Å². The fraction of sp³-hybridized carbons (Fsp3) is 0.318. The zero-order valence-corrected chi connectivity index (χ0v) is 17.4. The van der Waals surface area contributed by atoms with Gasteiger partial charge in [-0.05, 0) is 42.3 Å². The molecule has 8 heteroatoms. The number of halogens is 2. The molecular formula is C22H21ClFN3O3. The summed E-state index contributed by atoms with van der Waals surface area (Å²) >= 11 is 5.95. The number of anilines is 1. The molecule has 2 fully saturated rings. The Balaban J connectivity index is 1.70. The monoisotopic (exact) mass is 429 g/mol. The highest BCUT2D eigenvalue weighted by Crippen LogP contribution is 2.37. The van der Waals surface area contributed by atoms with Gasteiger partial charge < -0.3 is 9.80 Å². The van der Waals surface area contributed by atoms with E-state index in [1.165, 1.54) is 33.8 Å². The standard InChI is InChI=1S/C22H21ClFN3O3/c1-14-3-8-19(18(24)9-14)26-11-20(29)27(10-16-4-6-17(23)7-5-16)22(21(26)30)12-25(13-22)15(2)28/h3-9H,10-13H2,1-2H3. The number of hydrogen-bond acceptors (Lipinski definition) is 3. The minimum atomic E-state index is -1.21. The molecule has 3 amide bonds. The number of nitrogens with zero attached hydrogens (tertiary/aromatic N) is 3. The molecule has 156 valence electrons. The summed E-state index contributed by atoms with van der Waals surface area (Å²) in [6, 6.07) is 11.6. The quantitative estimate of drug-likeness (QED) is 0.753. The topological polar surface area (TPSA) is 60.9 Å². The summed E-state index contributed by atoms with van der Waals surface area (Å²) in [5, 5.41) is 0.571. The molecule has 0 bridgehead atoms. The van der Waals surface area contributed by atoms with Crippen molar-refractivity contribution in [3.63, 3.8) is 0 Å². The van der Waals surface area contributed by atoms with Crippen LogP contribution in [-0.4, -0.2) is 52.7 Å². The minimum absolute atomic E-state index is 0.0748. The van der Waals surface area contributed by atoms with Gasteiger partial charge in [-0.3, -0.25) is 19.3 Å². The first-order valence-electron chi connectivity index (χ1n) is 9.60. The van der Waals surface area contributed by atoms with Crippen molar-refractivity contribution in [1.82, 2.24) is 9.80 Å². The van der Waals surface area contributed by atoms with E-state index in [2.05, 4.69) is 0 Å². The van der Waals surface area contributed by atoms with Crippen LogP contribution in [0.2, 0.25) is 5.02 Å². The van der Waals surface area contributed by atoms with Crippen LogP contribution in [0.3, 0.4) is 0 Å². The average Bonchev–Trinajstić information content (AvgIpc) is 2.65. The third-order valence-electron chi connectivity index (χ3n) is 5.75. The van der Waals surface area contributed by atoms with Crippen LogP contribution in [0.5, 0.6) is 0 Å². The number of rotatable bonds is 3. The molecule has 2 aromatic carbocycles. The van der Waals surface area contributed by atoms with Crippen molar-refractivity contribution in [2.75, 3.05) is 24.5 Å². The van der Waals surface area contributed by atoms with Crippen LogP contribution in [0.25, 0.3) is 0 Å². The second-order valence-electron chi connectivity index (χ2n) is 7.86. The third-order valence-corrected chi connectivity index (χ3v) is 6.00. The zero-order valence-electron chi connectivity index (χ0n) is 16.7. The van der Waals surface area contributed by atoms with E-state index >= 15 is 0 Å². The van der Waals surface area contributed by atoms with E-state index in [1.807, 2.05) is 0 Å². The van der Waals surface area contributed by atoms with Crippen LogP contribution in [-0.2, 0) is 20.9 Å². The Morgan fingerprint density at radius 2 is 1.80 bits per heavy atom. The second-order valence-corrected chi connectivity index (χ2v) is 8.30. The van der Waals surface area contributed by atoms with Crippen LogP contribution in [0.1, 0.15) is 18.1 Å². The molecule has 4 rings (SSSR count). The van der Waals surface area contributed by atoms with Gasteiger partial charge in [-0.1, -0.05) is 29.8 Å². The third kappa shape index (κ3) is 3.33. The first-order chi connectivity index (χ1) is 14.2. The molecule has 30 heavy (non-hydrogen) atoms. The molecule has 0 unspecified atom stereocenters. The lowest BCUT2D eigenvalue weighted by atomic mass is 9.83. The number of carbonyl (C=O) groups is 3. The Morgan fingerprint density at radius 3 is 2.40 bits per heavy atom. The normalized spacial score (nSPS) is 18.1. The van der Waals surface area contributed by atoms with Crippen molar-refractivity contribution in [1.29, 1.82) is 0 Å². The van der Waals surface area contributed by atoms with Crippen molar-refractivity contribution < 1.29 is 18.8 Å². The van der Waals surface area contributed by atoms with Crippen LogP contribution in [0.4, 0.5) is 10.1 Å². The summed E-state index contributed by atoms with van der Waals surface area (Å²) < 4.78 is 14.6. The van der Waals surface area contributed by atoms with Crippen LogP contribution in [0.15, 0.2) is 42.5 Å². The van der Waals surface area contributed by atoms with E-state index in [0.717, 1.165) is 11.1 Å². The Hall–Kier alpha value is -2.93. The lowest BCUT2D eigenvalue weighted by Crippen LogP contribution is -2.81. The van der Waals surface area contributed by atoms with Crippen molar-refractivity contribution in [2.24, 2.45) is 0 Å². The number of benzene rings is 2. The smallest absolute Gasteiger partial charge is 0.257 e. The molecule has 0 aromatic heterocycles. The van der Waals surface area contributed by atoms with Crippen molar-refractivity contribution >= 4 is 35.0 Å². The molecule has 6 nitrogen and oxygen atoms in total. The molecule has 0 atom stereocenters. The van der Waals surface area contributed by atoms with Gasteiger partial charge in [-0.2, -0.15) is 0 Å². The van der Waals surface area contributed by atoms with E-state index in [0.29, 0.717) is 5.02 Å². The molecule has 2 aromatic rings. The molecule has 0 saturated carbocycles. The van der Waals surface area contributed by atoms with E-state index in [9.17, 15) is 18.8 Å². The molecule has 2 heterocycles. The Morgan fingerprint density at radius 1 is 1.13 bits per heavy atom. The highest BCUT2D eigenvalue weighted by molar-refractivity contribution is 6.30. The maximum Gasteiger partial charge on any atom is 0.257 e. The van der Waals surface area contributed by atoms with Gasteiger partial charge in [-0.15, -0.1) is 0 Å². The Kier molecular flexibility index (Phi) is 5.02. The highest BCUT2D eigenvalue weighted by atomic mass is 35.5. The van der Waals surface area contributed by atoms with Gasteiger partial charge in [0, 0.05) is 18.5 Å². The van der Waals surface area contributed by atoms with Crippen LogP contribution in [0, 0.1) is 12.7 Å². The molecule has 1 spiro atoms. The SMILES string of the molecule is CC(=O)N1CC2(C1)C(=O)N(c1ccc(C)cc1F)CC(=O)N2Cc1ccc(Cl)cc1. The molecule has 2 aliphatic heterocycles. The zero-order chi connectivity index (χ0) is 21.6. The number of likely N-dealkylation sites (tertiary alicyclic amines) is 1. The van der Waals surface area contributed by atoms with E-state index in [1.54, 1.807) is 37.3 Å². The summed E-state index contributed by atoms with van der Waals surface area (Å²) in [6.45, 7) is 3.30. The number of hydrogen-bond donors (Lipinski definition) is 0. The van der Waals surface area contributed by atoms with Gasteiger partial charge >= 0.3 is 0 Å². The highest BCUT2D eigenvalue weighted by Gasteiger charge is 2.60. The van der Waals surface area contributed by atoms with Gasteiger partial charge in [0.05, 0.1) is 18.8 Å². The van der Waals surface area contributed by atoms with Crippen molar-refractivity contribution in [2.45, 2.75) is 25.9 Å². The predicted molar refractivity (Wildman–Crippen MR) is 110 cm³/mol. The maximum absolute atomic E-state index is 14.6. The lowest BCUT2D eigenvalue weighted by Gasteiger charge is -2.57. The molecular weight excluding hydrogens is 409 g/mol. The predicted octanol–water partition coefficient (Wildman–Crippen LogP) is 2.76. The molecule has 0 radical (unpaired) electrons. The second kappa shape index (κ2) is 7.40. The van der Waals surface area contributed by atoms with Crippen molar-refractivity contribution in [3.05, 3.63) is 64.4 Å². The summed E-state index contributed by atoms with van der Waals surface area (Å²) in [5.74, 6) is -1.41. The average molecular weight is 430 g/mol. The summed E-state index contributed by atoms with van der Waals surface area (Å²) in [5.41, 5.74) is 0.400. The number of piperazine rings is 1. The Labute approximate surface area is 178 Å². The Bertz CT molecular complexity index is 1030. The summed E-state index contributed by atoms with van der Waals surface area (Å²) in [6.07, 6.45) is 0. The number of aryl methyl sites for hydroxylation is 1. The van der Waals surface area contributed by atoms with Crippen LogP contribution < -0.4 is 4.90 Å². The van der Waals surface area contributed by atoms with Crippen molar-refractivity contribution in [3.8, 4) is 0 Å². The lowest BCUT2D eigenvalue weighted by molar-refractivity contribution is -0.169. The van der Waals surface area contributed by atoms with Gasteiger partial charge in [0.1, 0.15) is 12.4 Å². The van der Waals surface area contributed by atoms with Gasteiger partial charge in [0.25, 0.3) is 5.91 Å². The molecule has 0 aliphatic carbocycles. The summed E-state index contributed by atoms with van der Waals surface area (Å²) in [7, 11) is 0.